The first kappa shape index (κ1) is 13.3. The second-order valence-electron chi connectivity index (χ2n) is 3.34. The Hall–Kier alpha value is -1.75. The zero-order chi connectivity index (χ0) is 12.7. The molecule has 0 aliphatic heterocycles. The van der Waals surface area contributed by atoms with Gasteiger partial charge in [-0.3, -0.25) is 4.79 Å². The summed E-state index contributed by atoms with van der Waals surface area (Å²) in [5.41, 5.74) is 0.808. The number of amides is 2. The molecule has 0 saturated heterocycles. The van der Waals surface area contributed by atoms with Crippen LogP contribution in [0.5, 0.6) is 0 Å². The number of benzene rings is 1. The number of nitrogens with one attached hydrogen (secondary N) is 2. The van der Waals surface area contributed by atoms with Gasteiger partial charge in [-0.05, 0) is 11.6 Å². The third-order valence-electron chi connectivity index (χ3n) is 2.02. The van der Waals surface area contributed by atoms with Crippen molar-refractivity contribution in [2.75, 3.05) is 6.54 Å². The van der Waals surface area contributed by atoms with Gasteiger partial charge in [0.05, 0.1) is 6.42 Å². The van der Waals surface area contributed by atoms with Crippen LogP contribution in [-0.4, -0.2) is 23.7 Å². The van der Waals surface area contributed by atoms with Gasteiger partial charge >= 0.3 is 12.0 Å². The third kappa shape index (κ3) is 5.21. The van der Waals surface area contributed by atoms with E-state index < -0.39 is 12.0 Å². The number of aliphatic carboxylic acids is 1. The Morgan fingerprint density at radius 3 is 2.59 bits per heavy atom. The molecule has 0 heterocycles. The van der Waals surface area contributed by atoms with Gasteiger partial charge in [0.15, 0.2) is 0 Å². The highest BCUT2D eigenvalue weighted by molar-refractivity contribution is 6.31. The Morgan fingerprint density at radius 2 is 1.94 bits per heavy atom. The van der Waals surface area contributed by atoms with Gasteiger partial charge in [-0.25, -0.2) is 4.79 Å². The number of carbonyl (C=O) groups is 2. The van der Waals surface area contributed by atoms with Crippen molar-refractivity contribution in [3.63, 3.8) is 0 Å². The molecule has 0 radical (unpaired) electrons. The molecule has 17 heavy (non-hydrogen) atoms. The van der Waals surface area contributed by atoms with Crippen molar-refractivity contribution in [3.8, 4) is 0 Å². The molecule has 6 heteroatoms. The Balaban J connectivity index is 2.29. The average molecular weight is 257 g/mol. The maximum Gasteiger partial charge on any atom is 0.315 e. The summed E-state index contributed by atoms with van der Waals surface area (Å²) < 4.78 is 0. The lowest BCUT2D eigenvalue weighted by Crippen LogP contribution is -2.36. The molecule has 1 rings (SSSR count). The van der Waals surface area contributed by atoms with Crippen LogP contribution in [-0.2, 0) is 11.3 Å². The van der Waals surface area contributed by atoms with E-state index >= 15 is 0 Å². The second-order valence-corrected chi connectivity index (χ2v) is 3.75. The fraction of sp³-hybridized carbons (Fsp3) is 0.273. The quantitative estimate of drug-likeness (QED) is 0.749. The van der Waals surface area contributed by atoms with E-state index in [0.717, 1.165) is 5.56 Å². The number of hydrogen-bond acceptors (Lipinski definition) is 2. The molecule has 0 aliphatic rings. The smallest absolute Gasteiger partial charge is 0.315 e. The summed E-state index contributed by atoms with van der Waals surface area (Å²) >= 11 is 5.90. The number of carboxylic acid groups (broad SMARTS) is 1. The molecule has 0 bridgehead atoms. The third-order valence-corrected chi connectivity index (χ3v) is 2.39. The molecule has 0 spiro atoms. The highest BCUT2D eigenvalue weighted by Gasteiger charge is 2.03. The molecule has 1 aromatic carbocycles. The minimum Gasteiger partial charge on any atom is -0.481 e. The fourth-order valence-electron chi connectivity index (χ4n) is 1.16. The molecule has 92 valence electrons. The van der Waals surface area contributed by atoms with Crippen molar-refractivity contribution < 1.29 is 14.7 Å². The first-order valence-corrected chi connectivity index (χ1v) is 5.44. The number of urea groups is 1. The van der Waals surface area contributed by atoms with Crippen molar-refractivity contribution in [1.29, 1.82) is 0 Å². The van der Waals surface area contributed by atoms with Gasteiger partial charge in [0, 0.05) is 18.1 Å². The van der Waals surface area contributed by atoms with E-state index in [2.05, 4.69) is 10.6 Å². The van der Waals surface area contributed by atoms with Crippen LogP contribution in [0.15, 0.2) is 24.3 Å². The first-order chi connectivity index (χ1) is 8.09. The minimum absolute atomic E-state index is 0.0977. The van der Waals surface area contributed by atoms with E-state index in [1.54, 1.807) is 18.2 Å². The van der Waals surface area contributed by atoms with Crippen LogP contribution in [0.3, 0.4) is 0 Å². The molecule has 5 nitrogen and oxygen atoms in total. The standard InChI is InChI=1S/C11H13ClN2O3/c12-9-4-2-1-3-8(9)7-14-11(17)13-6-5-10(15)16/h1-4H,5-7H2,(H,15,16)(H2,13,14,17). The predicted molar refractivity (Wildman–Crippen MR) is 63.9 cm³/mol. The summed E-state index contributed by atoms with van der Waals surface area (Å²) in [6.07, 6.45) is -0.0977. The van der Waals surface area contributed by atoms with Crippen LogP contribution in [0.1, 0.15) is 12.0 Å². The molecular formula is C11H13ClN2O3. The van der Waals surface area contributed by atoms with E-state index in [1.165, 1.54) is 0 Å². The lowest BCUT2D eigenvalue weighted by Gasteiger charge is -2.07. The van der Waals surface area contributed by atoms with Gasteiger partial charge in [-0.15, -0.1) is 0 Å². The van der Waals surface area contributed by atoms with E-state index in [9.17, 15) is 9.59 Å². The zero-order valence-electron chi connectivity index (χ0n) is 9.07. The van der Waals surface area contributed by atoms with Crippen molar-refractivity contribution in [1.82, 2.24) is 10.6 Å². The number of carboxylic acids is 1. The maximum atomic E-state index is 11.3. The molecule has 1 aromatic rings. The fourth-order valence-corrected chi connectivity index (χ4v) is 1.37. The molecule has 0 fully saturated rings. The molecule has 0 atom stereocenters. The van der Waals surface area contributed by atoms with E-state index in [-0.39, 0.29) is 13.0 Å². The van der Waals surface area contributed by atoms with Crippen LogP contribution in [0.2, 0.25) is 5.02 Å². The van der Waals surface area contributed by atoms with Gasteiger partial charge in [-0.2, -0.15) is 0 Å². The van der Waals surface area contributed by atoms with Crippen molar-refractivity contribution in [3.05, 3.63) is 34.9 Å². The molecular weight excluding hydrogens is 244 g/mol. The van der Waals surface area contributed by atoms with Gasteiger partial charge < -0.3 is 15.7 Å². The Morgan fingerprint density at radius 1 is 1.24 bits per heavy atom. The van der Waals surface area contributed by atoms with Gasteiger partial charge in [0.2, 0.25) is 0 Å². The van der Waals surface area contributed by atoms with Crippen molar-refractivity contribution >= 4 is 23.6 Å². The number of hydrogen-bond donors (Lipinski definition) is 3. The van der Waals surface area contributed by atoms with Crippen LogP contribution in [0.4, 0.5) is 4.79 Å². The van der Waals surface area contributed by atoms with Crippen molar-refractivity contribution in [2.45, 2.75) is 13.0 Å². The summed E-state index contributed by atoms with van der Waals surface area (Å²) in [6, 6.07) is 6.76. The molecule has 0 aromatic heterocycles. The molecule has 3 N–H and O–H groups in total. The SMILES string of the molecule is O=C(O)CCNC(=O)NCc1ccccc1Cl. The normalized spacial score (nSPS) is 9.71. The van der Waals surface area contributed by atoms with E-state index in [4.69, 9.17) is 16.7 Å². The lowest BCUT2D eigenvalue weighted by molar-refractivity contribution is -0.136. The summed E-state index contributed by atoms with van der Waals surface area (Å²) in [4.78, 5) is 21.5. The van der Waals surface area contributed by atoms with Crippen molar-refractivity contribution in [2.24, 2.45) is 0 Å². The molecule has 0 aliphatic carbocycles. The Labute approximate surface area is 104 Å². The summed E-state index contributed by atoms with van der Waals surface area (Å²) in [5, 5.41) is 14.0. The number of rotatable bonds is 5. The van der Waals surface area contributed by atoms with Gasteiger partial charge in [-0.1, -0.05) is 29.8 Å². The largest absolute Gasteiger partial charge is 0.481 e. The summed E-state index contributed by atoms with van der Waals surface area (Å²) in [7, 11) is 0. The monoisotopic (exact) mass is 256 g/mol. The topological polar surface area (TPSA) is 78.4 Å². The highest BCUT2D eigenvalue weighted by atomic mass is 35.5. The molecule has 2 amide bonds. The lowest BCUT2D eigenvalue weighted by atomic mass is 10.2. The minimum atomic E-state index is -0.948. The van der Waals surface area contributed by atoms with E-state index in [1.807, 2.05) is 6.07 Å². The second kappa shape index (κ2) is 6.75. The first-order valence-electron chi connectivity index (χ1n) is 5.06. The summed E-state index contributed by atoms with van der Waals surface area (Å²) in [6.45, 7) is 0.405. The molecule has 0 unspecified atom stereocenters. The Bertz CT molecular complexity index is 409. The Kier molecular flexibility index (Phi) is 5.29. The maximum absolute atomic E-state index is 11.3. The highest BCUT2D eigenvalue weighted by Crippen LogP contribution is 2.13. The van der Waals surface area contributed by atoms with Crippen LogP contribution in [0, 0.1) is 0 Å². The zero-order valence-corrected chi connectivity index (χ0v) is 9.83. The van der Waals surface area contributed by atoms with Gasteiger partial charge in [0.25, 0.3) is 0 Å². The summed E-state index contributed by atoms with van der Waals surface area (Å²) in [5.74, 6) is -0.948. The average Bonchev–Trinajstić information content (AvgIpc) is 2.27. The molecule has 0 saturated carbocycles. The van der Waals surface area contributed by atoms with E-state index in [0.29, 0.717) is 11.6 Å². The number of halogens is 1. The van der Waals surface area contributed by atoms with Crippen LogP contribution in [0.25, 0.3) is 0 Å². The van der Waals surface area contributed by atoms with Crippen LogP contribution < -0.4 is 10.6 Å². The predicted octanol–water partition coefficient (Wildman–Crippen LogP) is 1.61. The number of carbonyl (C=O) groups excluding carboxylic acids is 1. The van der Waals surface area contributed by atoms with Gasteiger partial charge in [0.1, 0.15) is 0 Å². The van der Waals surface area contributed by atoms with Crippen LogP contribution >= 0.6 is 11.6 Å².